The van der Waals surface area contributed by atoms with E-state index in [1.54, 1.807) is 24.7 Å². The minimum Gasteiger partial charge on any atom is -0.352 e. The highest BCUT2D eigenvalue weighted by Crippen LogP contribution is 2.40. The van der Waals surface area contributed by atoms with Crippen LogP contribution < -0.4 is 5.32 Å². The molecule has 4 heterocycles. The van der Waals surface area contributed by atoms with Crippen LogP contribution in [0.2, 0.25) is 0 Å². The molecule has 4 aromatic rings. The lowest BCUT2D eigenvalue weighted by Crippen LogP contribution is -2.30. The number of thiocarbonyl (C=S) groups is 1. The highest BCUT2D eigenvalue weighted by Gasteiger charge is 2.41. The summed E-state index contributed by atoms with van der Waals surface area (Å²) in [5.74, 6) is -0.271. The summed E-state index contributed by atoms with van der Waals surface area (Å²) in [4.78, 5) is 10.9. The van der Waals surface area contributed by atoms with E-state index >= 15 is 0 Å². The van der Waals surface area contributed by atoms with E-state index in [-0.39, 0.29) is 17.9 Å². The Balaban J connectivity index is 1.61. The summed E-state index contributed by atoms with van der Waals surface area (Å²) in [7, 11) is 0. The molecule has 0 amide bonds. The van der Waals surface area contributed by atoms with Gasteiger partial charge in [0.1, 0.15) is 5.82 Å². The SMILES string of the molecule is Fc1cccc(-n2cccc2[C@H]2[C@@H](c3ccccn3)NC(=S)N2Cc2ccncc2)c1. The molecule has 1 aromatic carbocycles. The van der Waals surface area contributed by atoms with Gasteiger partial charge in [-0.25, -0.2) is 4.39 Å². The molecule has 1 fully saturated rings. The van der Waals surface area contributed by atoms with Crippen LogP contribution in [-0.2, 0) is 6.54 Å². The second kappa shape index (κ2) is 8.28. The van der Waals surface area contributed by atoms with E-state index in [1.807, 2.05) is 53.2 Å². The third kappa shape index (κ3) is 3.80. The first-order chi connectivity index (χ1) is 15.2. The molecule has 2 atom stereocenters. The number of nitrogens with one attached hydrogen (secondary N) is 1. The summed E-state index contributed by atoms with van der Waals surface area (Å²) in [5, 5.41) is 4.12. The smallest absolute Gasteiger partial charge is 0.170 e. The average molecular weight is 430 g/mol. The Labute approximate surface area is 185 Å². The molecule has 1 aliphatic heterocycles. The number of hydrogen-bond donors (Lipinski definition) is 1. The molecular formula is C24H20FN5S. The Morgan fingerprint density at radius 3 is 2.61 bits per heavy atom. The second-order valence-corrected chi connectivity index (χ2v) is 7.78. The van der Waals surface area contributed by atoms with Crippen molar-refractivity contribution in [2.45, 2.75) is 18.6 Å². The van der Waals surface area contributed by atoms with Crippen LogP contribution in [0.15, 0.2) is 91.5 Å². The molecule has 1 saturated heterocycles. The van der Waals surface area contributed by atoms with Crippen LogP contribution in [-0.4, -0.2) is 24.5 Å². The standard InChI is InChI=1S/C24H20FN5S/c25-18-5-3-6-19(15-18)29-14-4-8-21(29)23-22(20-7-1-2-11-27-20)28-24(31)30(23)16-17-9-12-26-13-10-17/h1-15,22-23H,16H2,(H,28,31)/t22-,23+/m1/s1. The van der Waals surface area contributed by atoms with Gasteiger partial charge in [-0.3, -0.25) is 9.97 Å². The van der Waals surface area contributed by atoms with Gasteiger partial charge in [-0.1, -0.05) is 12.1 Å². The van der Waals surface area contributed by atoms with Crippen molar-refractivity contribution >= 4 is 17.3 Å². The van der Waals surface area contributed by atoms with Gasteiger partial charge in [0.25, 0.3) is 0 Å². The zero-order chi connectivity index (χ0) is 21.2. The molecule has 0 saturated carbocycles. The number of halogens is 1. The van der Waals surface area contributed by atoms with Gasteiger partial charge in [-0.15, -0.1) is 0 Å². The molecule has 3 aromatic heterocycles. The monoisotopic (exact) mass is 429 g/mol. The van der Waals surface area contributed by atoms with Gasteiger partial charge in [-0.2, -0.15) is 0 Å². The molecule has 0 spiro atoms. The molecule has 154 valence electrons. The Bertz CT molecular complexity index is 1190. The van der Waals surface area contributed by atoms with Gasteiger partial charge in [0.15, 0.2) is 5.11 Å². The summed E-state index contributed by atoms with van der Waals surface area (Å²) >= 11 is 5.75. The van der Waals surface area contributed by atoms with Gasteiger partial charge in [-0.05, 0) is 72.4 Å². The van der Waals surface area contributed by atoms with Crippen molar-refractivity contribution in [2.75, 3.05) is 0 Å². The predicted octanol–water partition coefficient (Wildman–Crippen LogP) is 4.58. The van der Waals surface area contributed by atoms with Crippen molar-refractivity contribution in [3.05, 3.63) is 114 Å². The van der Waals surface area contributed by atoms with E-state index in [0.29, 0.717) is 11.7 Å². The molecular weight excluding hydrogens is 409 g/mol. The van der Waals surface area contributed by atoms with Crippen molar-refractivity contribution in [2.24, 2.45) is 0 Å². The molecule has 0 aliphatic carbocycles. The fraction of sp³-hybridized carbons (Fsp3) is 0.125. The van der Waals surface area contributed by atoms with Crippen molar-refractivity contribution < 1.29 is 4.39 Å². The van der Waals surface area contributed by atoms with Crippen molar-refractivity contribution in [3.63, 3.8) is 0 Å². The maximum absolute atomic E-state index is 14.0. The Morgan fingerprint density at radius 2 is 1.84 bits per heavy atom. The first-order valence-corrected chi connectivity index (χ1v) is 10.4. The van der Waals surface area contributed by atoms with Gasteiger partial charge >= 0.3 is 0 Å². The topological polar surface area (TPSA) is 46.0 Å². The first-order valence-electron chi connectivity index (χ1n) is 10.0. The number of pyridine rings is 2. The van der Waals surface area contributed by atoms with Crippen molar-refractivity contribution in [3.8, 4) is 5.69 Å². The second-order valence-electron chi connectivity index (χ2n) is 7.39. The maximum atomic E-state index is 14.0. The van der Waals surface area contributed by atoms with Crippen LogP contribution in [0, 0.1) is 5.82 Å². The summed E-state index contributed by atoms with van der Waals surface area (Å²) in [6.45, 7) is 0.622. The van der Waals surface area contributed by atoms with E-state index in [0.717, 1.165) is 22.6 Å². The molecule has 0 bridgehead atoms. The Kier molecular flexibility index (Phi) is 5.18. The van der Waals surface area contributed by atoms with E-state index in [2.05, 4.69) is 26.3 Å². The summed E-state index contributed by atoms with van der Waals surface area (Å²) in [5.41, 5.74) is 3.78. The zero-order valence-corrected chi connectivity index (χ0v) is 17.4. The molecule has 1 aliphatic rings. The number of aromatic nitrogens is 3. The van der Waals surface area contributed by atoms with Crippen LogP contribution in [0.3, 0.4) is 0 Å². The molecule has 0 radical (unpaired) electrons. The molecule has 5 rings (SSSR count). The maximum Gasteiger partial charge on any atom is 0.170 e. The van der Waals surface area contributed by atoms with Crippen molar-refractivity contribution in [1.29, 1.82) is 0 Å². The molecule has 1 N–H and O–H groups in total. The summed E-state index contributed by atoms with van der Waals surface area (Å²) < 4.78 is 16.0. The number of nitrogens with zero attached hydrogens (tertiary/aromatic N) is 4. The number of benzene rings is 1. The normalized spacial score (nSPS) is 18.2. The van der Waals surface area contributed by atoms with Gasteiger partial charge < -0.3 is 14.8 Å². The first kappa shape index (κ1) is 19.4. The predicted molar refractivity (Wildman–Crippen MR) is 121 cm³/mol. The molecule has 5 nitrogen and oxygen atoms in total. The molecule has 31 heavy (non-hydrogen) atoms. The molecule has 7 heteroatoms. The van der Waals surface area contributed by atoms with E-state index in [9.17, 15) is 4.39 Å². The Morgan fingerprint density at radius 1 is 0.968 bits per heavy atom. The lowest BCUT2D eigenvalue weighted by molar-refractivity contribution is 0.302. The summed E-state index contributed by atoms with van der Waals surface area (Å²) in [6.07, 6.45) is 7.30. The average Bonchev–Trinajstić information content (AvgIpc) is 3.40. The third-order valence-corrected chi connectivity index (χ3v) is 5.82. The van der Waals surface area contributed by atoms with Gasteiger partial charge in [0.05, 0.1) is 17.8 Å². The highest BCUT2D eigenvalue weighted by molar-refractivity contribution is 7.80. The van der Waals surface area contributed by atoms with Gasteiger partial charge in [0.2, 0.25) is 0 Å². The lowest BCUT2D eigenvalue weighted by atomic mass is 10.0. The van der Waals surface area contributed by atoms with E-state index in [4.69, 9.17) is 12.2 Å². The van der Waals surface area contributed by atoms with Crippen LogP contribution in [0.1, 0.15) is 29.0 Å². The van der Waals surface area contributed by atoms with Crippen LogP contribution >= 0.6 is 12.2 Å². The zero-order valence-electron chi connectivity index (χ0n) is 16.6. The van der Waals surface area contributed by atoms with Crippen LogP contribution in [0.25, 0.3) is 5.69 Å². The third-order valence-electron chi connectivity index (χ3n) is 5.47. The number of rotatable bonds is 5. The summed E-state index contributed by atoms with van der Waals surface area (Å²) in [6, 6.07) is 20.2. The van der Waals surface area contributed by atoms with Crippen molar-refractivity contribution in [1.82, 2.24) is 24.8 Å². The minimum atomic E-state index is -0.271. The fourth-order valence-electron chi connectivity index (χ4n) is 4.08. The number of hydrogen-bond acceptors (Lipinski definition) is 3. The lowest BCUT2D eigenvalue weighted by Gasteiger charge is -2.29. The molecule has 0 unspecified atom stereocenters. The van der Waals surface area contributed by atoms with E-state index < -0.39 is 0 Å². The fourth-order valence-corrected chi connectivity index (χ4v) is 4.38. The van der Waals surface area contributed by atoms with Crippen LogP contribution in [0.5, 0.6) is 0 Å². The highest BCUT2D eigenvalue weighted by atomic mass is 32.1. The quantitative estimate of drug-likeness (QED) is 0.471. The van der Waals surface area contributed by atoms with Crippen LogP contribution in [0.4, 0.5) is 4.39 Å². The largest absolute Gasteiger partial charge is 0.352 e. The van der Waals surface area contributed by atoms with E-state index in [1.165, 1.54) is 12.1 Å². The minimum absolute atomic E-state index is 0.131. The Hall–Kier alpha value is -3.58. The van der Waals surface area contributed by atoms with Gasteiger partial charge in [0, 0.05) is 42.7 Å².